The van der Waals surface area contributed by atoms with Gasteiger partial charge in [-0.1, -0.05) is 12.8 Å². The van der Waals surface area contributed by atoms with Crippen LogP contribution in [0, 0.1) is 6.92 Å². The predicted octanol–water partition coefficient (Wildman–Crippen LogP) is 1.62. The number of pyridine rings is 1. The molecule has 0 spiro atoms. The maximum Gasteiger partial charge on any atom is 0.0743 e. The molecule has 2 N–H and O–H groups in total. The van der Waals surface area contributed by atoms with Gasteiger partial charge in [0.2, 0.25) is 0 Å². The molecule has 2 unspecified atom stereocenters. The normalized spacial score (nSPS) is 24.0. The van der Waals surface area contributed by atoms with E-state index in [1.165, 1.54) is 0 Å². The van der Waals surface area contributed by atoms with E-state index in [4.69, 9.17) is 0 Å². The Morgan fingerprint density at radius 3 is 2.78 bits per heavy atom. The zero-order valence-corrected chi connectivity index (χ0v) is 11.1. The summed E-state index contributed by atoms with van der Waals surface area (Å²) in [7, 11) is 1.99. The average molecular weight is 250 g/mol. The quantitative estimate of drug-likeness (QED) is 0.856. The van der Waals surface area contributed by atoms with Crippen LogP contribution in [0.5, 0.6) is 0 Å². The first-order valence-electron chi connectivity index (χ1n) is 6.60. The van der Waals surface area contributed by atoms with Crippen LogP contribution >= 0.6 is 0 Å². The number of aliphatic hydroxyl groups excluding tert-OH is 2. The lowest BCUT2D eigenvalue weighted by molar-refractivity contribution is 0.106. The van der Waals surface area contributed by atoms with Gasteiger partial charge in [-0.15, -0.1) is 0 Å². The number of hydrogen-bond donors (Lipinski definition) is 2. The van der Waals surface area contributed by atoms with Crippen LogP contribution < -0.4 is 4.90 Å². The van der Waals surface area contributed by atoms with Crippen molar-refractivity contribution in [2.75, 3.05) is 11.9 Å². The molecule has 100 valence electrons. The maximum absolute atomic E-state index is 10.1. The monoisotopic (exact) mass is 250 g/mol. The van der Waals surface area contributed by atoms with Crippen molar-refractivity contribution in [2.24, 2.45) is 0 Å². The Balaban J connectivity index is 2.26. The molecule has 2 atom stereocenters. The lowest BCUT2D eigenvalue weighted by Crippen LogP contribution is -2.43. The van der Waals surface area contributed by atoms with Crippen LogP contribution in [-0.4, -0.2) is 34.4 Å². The fourth-order valence-corrected chi connectivity index (χ4v) is 2.75. The summed E-state index contributed by atoms with van der Waals surface area (Å²) in [6, 6.07) is 2.12. The number of rotatable bonds is 3. The number of likely N-dealkylation sites (N-methyl/N-ethyl adjacent to an activating group) is 1. The van der Waals surface area contributed by atoms with Gasteiger partial charge >= 0.3 is 0 Å². The lowest BCUT2D eigenvalue weighted by atomic mass is 9.91. The molecule has 1 saturated carbocycles. The van der Waals surface area contributed by atoms with Crippen LogP contribution in [0.25, 0.3) is 0 Å². The molecular weight excluding hydrogens is 228 g/mol. The minimum absolute atomic E-state index is 0.0181. The van der Waals surface area contributed by atoms with Gasteiger partial charge in [-0.3, -0.25) is 4.98 Å². The van der Waals surface area contributed by atoms with E-state index in [-0.39, 0.29) is 18.8 Å². The number of hydrogen-bond acceptors (Lipinski definition) is 4. The molecular formula is C14H22N2O2. The highest BCUT2D eigenvalue weighted by molar-refractivity contribution is 5.53. The van der Waals surface area contributed by atoms with E-state index in [2.05, 4.69) is 9.88 Å². The Hall–Kier alpha value is -1.13. The lowest BCUT2D eigenvalue weighted by Gasteiger charge is -2.37. The van der Waals surface area contributed by atoms with Crippen LogP contribution in [0.3, 0.4) is 0 Å². The second kappa shape index (κ2) is 5.67. The fraction of sp³-hybridized carbons (Fsp3) is 0.643. The van der Waals surface area contributed by atoms with Crippen molar-refractivity contribution < 1.29 is 10.2 Å². The molecule has 0 aliphatic heterocycles. The summed E-state index contributed by atoms with van der Waals surface area (Å²) >= 11 is 0. The van der Waals surface area contributed by atoms with Crippen molar-refractivity contribution in [3.63, 3.8) is 0 Å². The minimum Gasteiger partial charge on any atom is -0.392 e. The van der Waals surface area contributed by atoms with E-state index in [1.54, 1.807) is 6.20 Å². The third-order valence-electron chi connectivity index (χ3n) is 3.84. The molecule has 0 amide bonds. The zero-order chi connectivity index (χ0) is 13.1. The summed E-state index contributed by atoms with van der Waals surface area (Å²) in [5.74, 6) is 0. The van der Waals surface area contributed by atoms with E-state index in [0.717, 1.165) is 42.6 Å². The third-order valence-corrected chi connectivity index (χ3v) is 3.84. The zero-order valence-electron chi connectivity index (χ0n) is 11.1. The molecule has 1 aromatic rings. The van der Waals surface area contributed by atoms with Crippen molar-refractivity contribution >= 4 is 5.69 Å². The number of nitrogens with zero attached hydrogens (tertiary/aromatic N) is 2. The van der Waals surface area contributed by atoms with Crippen LogP contribution in [0.4, 0.5) is 5.69 Å². The molecule has 1 heterocycles. The molecule has 0 aromatic carbocycles. The average Bonchev–Trinajstić information content (AvgIpc) is 2.38. The largest absolute Gasteiger partial charge is 0.392 e. The molecule has 1 aliphatic carbocycles. The highest BCUT2D eigenvalue weighted by atomic mass is 16.3. The number of aromatic nitrogens is 1. The first-order chi connectivity index (χ1) is 8.63. The van der Waals surface area contributed by atoms with Gasteiger partial charge in [0.05, 0.1) is 18.8 Å². The molecule has 1 fully saturated rings. The van der Waals surface area contributed by atoms with Crippen LogP contribution in [-0.2, 0) is 6.61 Å². The molecule has 1 aliphatic rings. The Bertz CT molecular complexity index is 409. The molecule has 2 rings (SSSR count). The second-order valence-corrected chi connectivity index (χ2v) is 5.14. The minimum atomic E-state index is -0.274. The van der Waals surface area contributed by atoms with Crippen LogP contribution in [0.1, 0.15) is 36.9 Å². The topological polar surface area (TPSA) is 56.6 Å². The highest BCUT2D eigenvalue weighted by Gasteiger charge is 2.27. The van der Waals surface area contributed by atoms with Crippen LogP contribution in [0.2, 0.25) is 0 Å². The number of anilines is 1. The molecule has 4 nitrogen and oxygen atoms in total. The summed E-state index contributed by atoms with van der Waals surface area (Å²) in [4.78, 5) is 6.31. The van der Waals surface area contributed by atoms with Crippen molar-refractivity contribution in [2.45, 2.75) is 51.4 Å². The van der Waals surface area contributed by atoms with E-state index in [1.807, 2.05) is 20.0 Å². The number of aryl methyl sites for hydroxylation is 1. The van der Waals surface area contributed by atoms with Gasteiger partial charge < -0.3 is 15.1 Å². The molecule has 0 saturated heterocycles. The number of aliphatic hydroxyl groups is 2. The van der Waals surface area contributed by atoms with E-state index in [9.17, 15) is 10.2 Å². The molecule has 0 bridgehead atoms. The van der Waals surface area contributed by atoms with Gasteiger partial charge in [0, 0.05) is 30.2 Å². The predicted molar refractivity (Wildman–Crippen MR) is 71.6 cm³/mol. The molecule has 4 heteroatoms. The van der Waals surface area contributed by atoms with E-state index in [0.29, 0.717) is 0 Å². The Labute approximate surface area is 108 Å². The van der Waals surface area contributed by atoms with Gasteiger partial charge in [-0.05, 0) is 25.8 Å². The Kier molecular flexibility index (Phi) is 4.19. The van der Waals surface area contributed by atoms with Gasteiger partial charge in [-0.2, -0.15) is 0 Å². The summed E-state index contributed by atoms with van der Waals surface area (Å²) in [6.07, 6.45) is 5.58. The van der Waals surface area contributed by atoms with Gasteiger partial charge in [-0.25, -0.2) is 0 Å². The first kappa shape index (κ1) is 13.3. The standard InChI is InChI=1S/C14H22N2O2/c1-10-7-13(11(9-17)8-15-10)16(2)12-5-3-4-6-14(12)18/h7-8,12,14,17-18H,3-6,9H2,1-2H3. The summed E-state index contributed by atoms with van der Waals surface area (Å²) in [6.45, 7) is 1.92. The first-order valence-corrected chi connectivity index (χ1v) is 6.60. The Morgan fingerprint density at radius 1 is 1.39 bits per heavy atom. The SMILES string of the molecule is Cc1cc(N(C)C2CCCCC2O)c(CO)cn1. The molecule has 0 radical (unpaired) electrons. The van der Waals surface area contributed by atoms with E-state index >= 15 is 0 Å². The molecule has 18 heavy (non-hydrogen) atoms. The summed E-state index contributed by atoms with van der Waals surface area (Å²) < 4.78 is 0. The van der Waals surface area contributed by atoms with Crippen molar-refractivity contribution in [3.05, 3.63) is 23.5 Å². The highest BCUT2D eigenvalue weighted by Crippen LogP contribution is 2.29. The summed E-state index contributed by atoms with van der Waals surface area (Å²) in [5.41, 5.74) is 2.73. The third kappa shape index (κ3) is 2.65. The maximum atomic E-state index is 10.1. The van der Waals surface area contributed by atoms with Crippen molar-refractivity contribution in [1.29, 1.82) is 0 Å². The smallest absolute Gasteiger partial charge is 0.0743 e. The molecule has 1 aromatic heterocycles. The van der Waals surface area contributed by atoms with Crippen LogP contribution in [0.15, 0.2) is 12.3 Å². The van der Waals surface area contributed by atoms with E-state index < -0.39 is 0 Å². The fourth-order valence-electron chi connectivity index (χ4n) is 2.75. The van der Waals surface area contributed by atoms with Crippen molar-refractivity contribution in [1.82, 2.24) is 4.98 Å². The second-order valence-electron chi connectivity index (χ2n) is 5.14. The summed E-state index contributed by atoms with van der Waals surface area (Å²) in [5, 5.41) is 19.5. The van der Waals surface area contributed by atoms with Gasteiger partial charge in [0.25, 0.3) is 0 Å². The van der Waals surface area contributed by atoms with Gasteiger partial charge in [0.15, 0.2) is 0 Å². The van der Waals surface area contributed by atoms with Crippen molar-refractivity contribution in [3.8, 4) is 0 Å². The van der Waals surface area contributed by atoms with Gasteiger partial charge in [0.1, 0.15) is 0 Å². The Morgan fingerprint density at radius 2 is 2.11 bits per heavy atom.